The zero-order valence-corrected chi connectivity index (χ0v) is 11.6. The molecule has 1 heterocycles. The third kappa shape index (κ3) is 2.49. The van der Waals surface area contributed by atoms with Crippen LogP contribution in [0.2, 0.25) is 0 Å². The van der Waals surface area contributed by atoms with Crippen molar-refractivity contribution in [1.82, 2.24) is 4.98 Å². The Bertz CT molecular complexity index is 286. The summed E-state index contributed by atoms with van der Waals surface area (Å²) in [5.41, 5.74) is 1.00. The van der Waals surface area contributed by atoms with E-state index in [1.807, 2.05) is 36.4 Å². The van der Waals surface area contributed by atoms with E-state index in [1.165, 1.54) is 20.2 Å². The normalized spacial score (nSPS) is 8.92. The van der Waals surface area contributed by atoms with Gasteiger partial charge in [-0.25, -0.2) is 0 Å². The maximum absolute atomic E-state index is 4.06. The summed E-state index contributed by atoms with van der Waals surface area (Å²) in [7, 11) is 0. The molecule has 2 aromatic rings. The van der Waals surface area contributed by atoms with Crippen molar-refractivity contribution >= 4 is 30.7 Å². The molecule has 0 saturated heterocycles. The molecular formula is C9H6INZn. The molecule has 3 heteroatoms. The molecule has 0 aliphatic carbocycles. The number of hydrogen-bond acceptors (Lipinski definition) is 1. The fourth-order valence-electron chi connectivity index (χ4n) is 0.964. The van der Waals surface area contributed by atoms with E-state index < -0.39 is 0 Å². The number of rotatable bonds is 0. The van der Waals surface area contributed by atoms with E-state index >= 15 is 0 Å². The van der Waals surface area contributed by atoms with Crippen molar-refractivity contribution in [3.63, 3.8) is 0 Å². The maximum atomic E-state index is 4.06. The van der Waals surface area contributed by atoms with Gasteiger partial charge in [0.25, 0.3) is 0 Å². The molecule has 0 aliphatic heterocycles. The summed E-state index contributed by atoms with van der Waals surface area (Å²) in [6.07, 6.45) is 2.79. The molecule has 0 N–H and O–H groups in total. The maximum Gasteiger partial charge on any atom is -0.0435 e. The third-order valence-electron chi connectivity index (χ3n) is 1.46. The SMILES string of the molecule is [Zn+][I].[c-]1ccc2ccccc2n1. The molecular weight excluding hydrogens is 314 g/mol. The van der Waals surface area contributed by atoms with E-state index in [2.05, 4.69) is 30.9 Å². The molecule has 1 aromatic carbocycles. The van der Waals surface area contributed by atoms with E-state index in [0.717, 1.165) is 5.52 Å². The van der Waals surface area contributed by atoms with Gasteiger partial charge in [0, 0.05) is 0 Å². The molecule has 0 bridgehead atoms. The number of halogens is 1. The van der Waals surface area contributed by atoms with Gasteiger partial charge in [0.2, 0.25) is 0 Å². The second-order valence-corrected chi connectivity index (χ2v) is 2.13. The Kier molecular flexibility index (Phi) is 4.70. The van der Waals surface area contributed by atoms with Crippen molar-refractivity contribution in [2.24, 2.45) is 0 Å². The first-order valence-electron chi connectivity index (χ1n) is 3.45. The van der Waals surface area contributed by atoms with Crippen molar-refractivity contribution in [3.8, 4) is 0 Å². The molecule has 12 heavy (non-hydrogen) atoms. The first-order chi connectivity index (χ1) is 5.97. The average molecular weight is 320 g/mol. The summed E-state index contributed by atoms with van der Waals surface area (Å²) in [6, 6.07) is 11.8. The largest absolute Gasteiger partial charge is 0.386 e. The smallest absolute Gasteiger partial charge is 0.0435 e. The van der Waals surface area contributed by atoms with E-state index in [-0.39, 0.29) is 0 Å². The van der Waals surface area contributed by atoms with Crippen LogP contribution in [0.15, 0.2) is 36.4 Å². The molecule has 0 amide bonds. The van der Waals surface area contributed by atoms with E-state index in [9.17, 15) is 0 Å². The van der Waals surface area contributed by atoms with Gasteiger partial charge in [0.1, 0.15) is 0 Å². The second-order valence-electron chi connectivity index (χ2n) is 2.13. The van der Waals surface area contributed by atoms with Crippen molar-refractivity contribution < 1.29 is 14.8 Å². The van der Waals surface area contributed by atoms with Crippen LogP contribution in [0, 0.1) is 6.20 Å². The Balaban J connectivity index is 0.000000336. The molecule has 1 aromatic heterocycles. The molecule has 0 fully saturated rings. The number of pyridine rings is 1. The van der Waals surface area contributed by atoms with Gasteiger partial charge in [-0.15, -0.1) is 5.39 Å². The number of para-hydroxylation sites is 1. The van der Waals surface area contributed by atoms with Crippen molar-refractivity contribution in [2.75, 3.05) is 0 Å². The van der Waals surface area contributed by atoms with Crippen LogP contribution < -0.4 is 0 Å². The predicted molar refractivity (Wildman–Crippen MR) is 54.6 cm³/mol. The number of nitrogens with zero attached hydrogens (tertiary/aromatic N) is 1. The molecule has 56 valence electrons. The van der Waals surface area contributed by atoms with E-state index in [4.69, 9.17) is 0 Å². The monoisotopic (exact) mass is 319 g/mol. The van der Waals surface area contributed by atoms with Crippen LogP contribution in [0.3, 0.4) is 0 Å². The Labute approximate surface area is 92.4 Å². The van der Waals surface area contributed by atoms with Gasteiger partial charge in [-0.3, -0.25) is 0 Å². The van der Waals surface area contributed by atoms with Crippen LogP contribution in [0.1, 0.15) is 0 Å². The van der Waals surface area contributed by atoms with Crippen LogP contribution in [0.4, 0.5) is 0 Å². The first kappa shape index (κ1) is 10.1. The van der Waals surface area contributed by atoms with Gasteiger partial charge >= 0.3 is 34.5 Å². The van der Waals surface area contributed by atoms with Crippen LogP contribution in [-0.2, 0) is 14.8 Å². The summed E-state index contributed by atoms with van der Waals surface area (Å²) in [6.45, 7) is 0. The molecule has 0 saturated carbocycles. The number of fused-ring (bicyclic) bond motifs is 1. The quantitative estimate of drug-likeness (QED) is 0.413. The Morgan fingerprint density at radius 3 is 2.67 bits per heavy atom. The van der Waals surface area contributed by atoms with Gasteiger partial charge in [-0.2, -0.15) is 12.1 Å². The van der Waals surface area contributed by atoms with E-state index in [0.29, 0.717) is 0 Å². The fourth-order valence-corrected chi connectivity index (χ4v) is 0.964. The molecule has 1 nitrogen and oxygen atoms in total. The number of benzene rings is 1. The summed E-state index contributed by atoms with van der Waals surface area (Å²) in [5.74, 6) is 0. The molecule has 0 aliphatic rings. The van der Waals surface area contributed by atoms with Crippen LogP contribution in [0.25, 0.3) is 10.9 Å². The topological polar surface area (TPSA) is 12.9 Å². The van der Waals surface area contributed by atoms with Crippen LogP contribution in [-0.4, -0.2) is 4.98 Å². The summed E-state index contributed by atoms with van der Waals surface area (Å²) >= 11 is 3.62. The number of aromatic nitrogens is 1. The predicted octanol–water partition coefficient (Wildman–Crippen LogP) is 2.92. The molecule has 0 spiro atoms. The van der Waals surface area contributed by atoms with Crippen molar-refractivity contribution in [2.45, 2.75) is 0 Å². The summed E-state index contributed by atoms with van der Waals surface area (Å²) in [4.78, 5) is 4.06. The Morgan fingerprint density at radius 2 is 1.92 bits per heavy atom. The van der Waals surface area contributed by atoms with Gasteiger partial charge < -0.3 is 4.98 Å². The van der Waals surface area contributed by atoms with Crippen molar-refractivity contribution in [1.29, 1.82) is 0 Å². The average Bonchev–Trinajstić information content (AvgIpc) is 2.21. The van der Waals surface area contributed by atoms with Gasteiger partial charge in [0.05, 0.1) is 0 Å². The third-order valence-corrected chi connectivity index (χ3v) is 1.46. The van der Waals surface area contributed by atoms with Crippen LogP contribution in [0.5, 0.6) is 0 Å². The fraction of sp³-hybridized carbons (Fsp3) is 0. The van der Waals surface area contributed by atoms with E-state index in [1.54, 1.807) is 0 Å². The molecule has 2 rings (SSSR count). The minimum Gasteiger partial charge on any atom is -0.386 e. The number of hydrogen-bond donors (Lipinski definition) is 0. The Hall–Kier alpha value is -0.0166. The summed E-state index contributed by atoms with van der Waals surface area (Å²) < 4.78 is 0. The molecule has 0 radical (unpaired) electrons. The Morgan fingerprint density at radius 1 is 1.17 bits per heavy atom. The zero-order chi connectivity index (χ0) is 8.81. The van der Waals surface area contributed by atoms with Gasteiger partial charge in [0.15, 0.2) is 0 Å². The minimum atomic E-state index is 1.00. The second kappa shape index (κ2) is 5.60. The summed E-state index contributed by atoms with van der Waals surface area (Å²) in [5, 5.41) is 1.17. The minimum absolute atomic E-state index is 1.00. The zero-order valence-electron chi connectivity index (χ0n) is 6.50. The van der Waals surface area contributed by atoms with Gasteiger partial charge in [-0.05, 0) is 5.52 Å². The van der Waals surface area contributed by atoms with Crippen molar-refractivity contribution in [3.05, 3.63) is 42.6 Å². The van der Waals surface area contributed by atoms with Gasteiger partial charge in [-0.1, -0.05) is 30.5 Å². The molecule has 0 unspecified atom stereocenters. The standard InChI is InChI=1S/C9H6N.HI.Zn/c1-2-6-9-8(4-1)5-3-7-10-9;;/h1-6H;1H;/q-1;;+2/p-1. The first-order valence-corrected chi connectivity index (χ1v) is 12.5. The van der Waals surface area contributed by atoms with Crippen LogP contribution >= 0.6 is 19.8 Å². The molecule has 0 atom stereocenters.